The lowest BCUT2D eigenvalue weighted by atomic mass is 10.2. The molecule has 0 amide bonds. The molecule has 1 aliphatic rings. The van der Waals surface area contributed by atoms with Gasteiger partial charge in [0.2, 0.25) is 0 Å². The molecule has 1 saturated carbocycles. The van der Waals surface area contributed by atoms with Crippen LogP contribution in [0.3, 0.4) is 0 Å². The minimum atomic E-state index is 0.508. The molecular formula is C12H18BrNS. The van der Waals surface area contributed by atoms with Crippen molar-refractivity contribution in [2.45, 2.75) is 45.2 Å². The van der Waals surface area contributed by atoms with Crippen molar-refractivity contribution >= 4 is 27.3 Å². The number of hydrogen-bond donors (Lipinski definition) is 1. The first-order valence-electron chi connectivity index (χ1n) is 5.72. The van der Waals surface area contributed by atoms with Gasteiger partial charge in [-0.05, 0) is 53.7 Å². The van der Waals surface area contributed by atoms with Crippen molar-refractivity contribution in [2.75, 3.05) is 0 Å². The van der Waals surface area contributed by atoms with Gasteiger partial charge < -0.3 is 5.32 Å². The summed E-state index contributed by atoms with van der Waals surface area (Å²) in [5.74, 6) is 0.945. The summed E-state index contributed by atoms with van der Waals surface area (Å²) in [6.45, 7) is 4.54. The first-order chi connectivity index (χ1) is 7.20. The fourth-order valence-corrected chi connectivity index (χ4v) is 3.54. The average Bonchev–Trinajstić information content (AvgIpc) is 2.76. The molecule has 1 heterocycles. The second-order valence-corrected chi connectivity index (χ2v) is 6.92. The topological polar surface area (TPSA) is 12.0 Å². The highest BCUT2D eigenvalue weighted by Gasteiger charge is 2.36. The van der Waals surface area contributed by atoms with E-state index in [0.717, 1.165) is 12.0 Å². The summed E-state index contributed by atoms with van der Waals surface area (Å²) in [6.07, 6.45) is 4.09. The maximum absolute atomic E-state index is 3.71. The summed E-state index contributed by atoms with van der Waals surface area (Å²) in [5, 5.41) is 3.71. The normalized spacial score (nSPS) is 26.6. The molecule has 0 radical (unpaired) electrons. The Kier molecular flexibility index (Phi) is 3.86. The second-order valence-electron chi connectivity index (χ2n) is 4.42. The monoisotopic (exact) mass is 287 g/mol. The third-order valence-corrected chi connectivity index (χ3v) is 4.87. The summed E-state index contributed by atoms with van der Waals surface area (Å²) in [6, 6.07) is 5.63. The van der Waals surface area contributed by atoms with Crippen molar-refractivity contribution in [2.24, 2.45) is 5.92 Å². The molecule has 0 spiro atoms. The lowest BCUT2D eigenvalue weighted by Crippen LogP contribution is -2.21. The number of rotatable bonds is 5. The molecule has 1 N–H and O–H groups in total. The Bertz CT molecular complexity index is 323. The third kappa shape index (κ3) is 3.05. The molecule has 1 fully saturated rings. The van der Waals surface area contributed by atoms with E-state index in [9.17, 15) is 0 Å². The number of thiophene rings is 1. The molecule has 0 bridgehead atoms. The van der Waals surface area contributed by atoms with Gasteiger partial charge in [0.25, 0.3) is 0 Å². The van der Waals surface area contributed by atoms with Crippen molar-refractivity contribution in [1.29, 1.82) is 0 Å². The van der Waals surface area contributed by atoms with Crippen LogP contribution in [0.2, 0.25) is 0 Å². The largest absolute Gasteiger partial charge is 0.306 e. The van der Waals surface area contributed by atoms with E-state index in [1.165, 1.54) is 27.9 Å². The van der Waals surface area contributed by atoms with Gasteiger partial charge >= 0.3 is 0 Å². The molecule has 1 aromatic rings. The molecule has 0 aliphatic heterocycles. The van der Waals surface area contributed by atoms with E-state index in [2.05, 4.69) is 47.2 Å². The van der Waals surface area contributed by atoms with Gasteiger partial charge in [-0.3, -0.25) is 0 Å². The molecule has 3 atom stereocenters. The van der Waals surface area contributed by atoms with Crippen molar-refractivity contribution < 1.29 is 0 Å². The summed E-state index contributed by atoms with van der Waals surface area (Å²) < 4.78 is 1.23. The number of hydrogen-bond acceptors (Lipinski definition) is 2. The number of nitrogens with one attached hydrogen (secondary N) is 1. The predicted octanol–water partition coefficient (Wildman–Crippen LogP) is 4.35. The third-order valence-electron chi connectivity index (χ3n) is 3.07. The minimum Gasteiger partial charge on any atom is -0.306 e. The van der Waals surface area contributed by atoms with Gasteiger partial charge in [-0.1, -0.05) is 13.3 Å². The molecule has 3 heteroatoms. The smallest absolute Gasteiger partial charge is 0.0701 e. The van der Waals surface area contributed by atoms with Crippen LogP contribution < -0.4 is 5.32 Å². The van der Waals surface area contributed by atoms with Gasteiger partial charge in [-0.15, -0.1) is 11.3 Å². The lowest BCUT2D eigenvalue weighted by Gasteiger charge is -2.11. The van der Waals surface area contributed by atoms with Crippen LogP contribution in [0.1, 0.15) is 44.0 Å². The van der Waals surface area contributed by atoms with Crippen molar-refractivity contribution in [3.63, 3.8) is 0 Å². The van der Waals surface area contributed by atoms with Crippen LogP contribution in [-0.4, -0.2) is 6.04 Å². The first kappa shape index (κ1) is 11.6. The average molecular weight is 288 g/mol. The SMILES string of the molecule is CCCC1CC1NC(C)c1ccc(Br)s1. The van der Waals surface area contributed by atoms with E-state index < -0.39 is 0 Å². The quantitative estimate of drug-likeness (QED) is 0.849. The summed E-state index contributed by atoms with van der Waals surface area (Å²) in [5.41, 5.74) is 0. The fraction of sp³-hybridized carbons (Fsp3) is 0.667. The Hall–Kier alpha value is 0.140. The molecule has 0 aromatic carbocycles. The van der Waals surface area contributed by atoms with Gasteiger partial charge in [0.15, 0.2) is 0 Å². The van der Waals surface area contributed by atoms with E-state index in [4.69, 9.17) is 0 Å². The lowest BCUT2D eigenvalue weighted by molar-refractivity contribution is 0.535. The van der Waals surface area contributed by atoms with Crippen LogP contribution in [-0.2, 0) is 0 Å². The van der Waals surface area contributed by atoms with Gasteiger partial charge in [-0.25, -0.2) is 0 Å². The van der Waals surface area contributed by atoms with Gasteiger partial charge in [0, 0.05) is 17.0 Å². The Morgan fingerprint density at radius 2 is 2.40 bits per heavy atom. The molecule has 2 rings (SSSR count). The molecule has 84 valence electrons. The van der Waals surface area contributed by atoms with E-state index >= 15 is 0 Å². The predicted molar refractivity (Wildman–Crippen MR) is 70.4 cm³/mol. The van der Waals surface area contributed by atoms with Gasteiger partial charge in [0.1, 0.15) is 0 Å². The highest BCUT2D eigenvalue weighted by molar-refractivity contribution is 9.11. The molecule has 0 saturated heterocycles. The highest BCUT2D eigenvalue weighted by Crippen LogP contribution is 2.37. The zero-order chi connectivity index (χ0) is 10.8. The van der Waals surface area contributed by atoms with E-state index in [1.54, 1.807) is 0 Å². The molecule has 1 aromatic heterocycles. The Morgan fingerprint density at radius 1 is 1.60 bits per heavy atom. The van der Waals surface area contributed by atoms with E-state index in [1.807, 2.05) is 11.3 Å². The summed E-state index contributed by atoms with van der Waals surface area (Å²) >= 11 is 5.34. The van der Waals surface area contributed by atoms with Crippen LogP contribution in [0, 0.1) is 5.92 Å². The van der Waals surface area contributed by atoms with E-state index in [0.29, 0.717) is 6.04 Å². The van der Waals surface area contributed by atoms with Crippen molar-refractivity contribution in [1.82, 2.24) is 5.32 Å². The standard InChI is InChI=1S/C12H18BrNS/c1-3-4-9-7-10(9)14-8(2)11-5-6-12(13)15-11/h5-6,8-10,14H,3-4,7H2,1-2H3. The van der Waals surface area contributed by atoms with Crippen LogP contribution >= 0.6 is 27.3 Å². The Labute approximate surface area is 104 Å². The summed E-state index contributed by atoms with van der Waals surface area (Å²) in [4.78, 5) is 1.43. The van der Waals surface area contributed by atoms with Crippen LogP contribution in [0.15, 0.2) is 15.9 Å². The fourth-order valence-electron chi connectivity index (χ4n) is 2.11. The van der Waals surface area contributed by atoms with Gasteiger partial charge in [0.05, 0.1) is 3.79 Å². The van der Waals surface area contributed by atoms with Crippen LogP contribution in [0.4, 0.5) is 0 Å². The zero-order valence-electron chi connectivity index (χ0n) is 9.29. The highest BCUT2D eigenvalue weighted by atomic mass is 79.9. The molecule has 1 nitrogen and oxygen atoms in total. The molecule has 1 aliphatic carbocycles. The Morgan fingerprint density at radius 3 is 3.00 bits per heavy atom. The summed E-state index contributed by atoms with van der Waals surface area (Å²) in [7, 11) is 0. The zero-order valence-corrected chi connectivity index (χ0v) is 11.7. The first-order valence-corrected chi connectivity index (χ1v) is 7.33. The van der Waals surface area contributed by atoms with Crippen molar-refractivity contribution in [3.05, 3.63) is 20.8 Å². The van der Waals surface area contributed by atoms with Crippen molar-refractivity contribution in [3.8, 4) is 0 Å². The maximum Gasteiger partial charge on any atom is 0.0701 e. The second kappa shape index (κ2) is 4.98. The maximum atomic E-state index is 3.71. The molecule has 3 unspecified atom stereocenters. The van der Waals surface area contributed by atoms with Crippen LogP contribution in [0.25, 0.3) is 0 Å². The number of halogens is 1. The van der Waals surface area contributed by atoms with Crippen LogP contribution in [0.5, 0.6) is 0 Å². The minimum absolute atomic E-state index is 0.508. The van der Waals surface area contributed by atoms with E-state index in [-0.39, 0.29) is 0 Å². The molecule has 15 heavy (non-hydrogen) atoms. The molecular weight excluding hydrogens is 270 g/mol. The Balaban J connectivity index is 1.81. The van der Waals surface area contributed by atoms with Gasteiger partial charge in [-0.2, -0.15) is 0 Å².